The molecule has 0 atom stereocenters. The number of carbonyl (C=O) groups excluding carboxylic acids is 1. The number of hydrogen-bond acceptors (Lipinski definition) is 3. The molecule has 0 unspecified atom stereocenters. The lowest BCUT2D eigenvalue weighted by Gasteiger charge is -2.31. The van der Waals surface area contributed by atoms with Gasteiger partial charge >= 0.3 is 0 Å². The molecular formula is C23H24FN3O2. The Morgan fingerprint density at radius 3 is 2.66 bits per heavy atom. The fraction of sp³-hybridized carbons (Fsp3) is 0.304. The number of carbonyl (C=O) groups is 1. The predicted octanol–water partition coefficient (Wildman–Crippen LogP) is 4.10. The maximum absolute atomic E-state index is 13.1. The quantitative estimate of drug-likeness (QED) is 0.656. The maximum atomic E-state index is 13.1. The number of benzene rings is 2. The monoisotopic (exact) mass is 393 g/mol. The van der Waals surface area contributed by atoms with E-state index in [0.29, 0.717) is 19.0 Å². The first kappa shape index (κ1) is 19.2. The van der Waals surface area contributed by atoms with Gasteiger partial charge in [-0.05, 0) is 73.2 Å². The minimum absolute atomic E-state index is 0.0203. The Morgan fingerprint density at radius 2 is 1.93 bits per heavy atom. The molecule has 0 aliphatic carbocycles. The number of piperidine rings is 1. The lowest BCUT2D eigenvalue weighted by atomic mass is 9.91. The molecule has 0 saturated carbocycles. The second-order valence-electron chi connectivity index (χ2n) is 7.45. The first-order valence-corrected chi connectivity index (χ1v) is 9.86. The maximum Gasteiger partial charge on any atom is 0.260 e. The first-order valence-electron chi connectivity index (χ1n) is 9.86. The summed E-state index contributed by atoms with van der Waals surface area (Å²) in [5.74, 6) is 0.851. The number of ether oxygens (including phenoxy) is 1. The molecule has 5 nitrogen and oxygen atoms in total. The van der Waals surface area contributed by atoms with Gasteiger partial charge in [0, 0.05) is 19.3 Å². The van der Waals surface area contributed by atoms with Crippen molar-refractivity contribution >= 4 is 5.91 Å². The Morgan fingerprint density at radius 1 is 1.17 bits per heavy atom. The number of rotatable bonds is 5. The van der Waals surface area contributed by atoms with Gasteiger partial charge in [0.15, 0.2) is 6.61 Å². The molecule has 2 aromatic carbocycles. The molecule has 1 fully saturated rings. The number of halogens is 1. The van der Waals surface area contributed by atoms with Crippen molar-refractivity contribution in [3.8, 4) is 11.4 Å². The van der Waals surface area contributed by atoms with E-state index >= 15 is 0 Å². The molecule has 0 radical (unpaired) electrons. The topological polar surface area (TPSA) is 47.4 Å². The summed E-state index contributed by atoms with van der Waals surface area (Å²) in [6, 6.07) is 14.0. The van der Waals surface area contributed by atoms with Crippen LogP contribution in [0.2, 0.25) is 0 Å². The molecule has 1 aliphatic heterocycles. The highest BCUT2D eigenvalue weighted by Gasteiger charge is 2.25. The molecule has 0 spiro atoms. The number of nitrogens with zero attached hydrogens (tertiary/aromatic N) is 3. The molecule has 0 N–H and O–H groups in total. The summed E-state index contributed by atoms with van der Waals surface area (Å²) in [5.41, 5.74) is 3.09. The predicted molar refractivity (Wildman–Crippen MR) is 109 cm³/mol. The molecule has 1 aliphatic rings. The van der Waals surface area contributed by atoms with Crippen LogP contribution in [0, 0.1) is 12.7 Å². The summed E-state index contributed by atoms with van der Waals surface area (Å²) < 4.78 is 20.5. The van der Waals surface area contributed by atoms with Gasteiger partial charge in [-0.15, -0.1) is 0 Å². The fourth-order valence-corrected chi connectivity index (χ4v) is 3.69. The molecule has 29 heavy (non-hydrogen) atoms. The van der Waals surface area contributed by atoms with E-state index in [1.807, 2.05) is 48.5 Å². The minimum atomic E-state index is -0.260. The van der Waals surface area contributed by atoms with Crippen LogP contribution >= 0.6 is 0 Å². The summed E-state index contributed by atoms with van der Waals surface area (Å²) in [6.07, 6.45) is 5.65. The SMILES string of the molecule is Cc1cccc(OCC(=O)N2CCC(c3cnn(-c4ccc(F)cc4)c3)CC2)c1. The molecule has 2 heterocycles. The molecule has 1 saturated heterocycles. The van der Waals surface area contributed by atoms with Crippen LogP contribution in [0.3, 0.4) is 0 Å². The third-order valence-corrected chi connectivity index (χ3v) is 5.36. The third kappa shape index (κ3) is 4.65. The summed E-state index contributed by atoms with van der Waals surface area (Å²) in [7, 11) is 0. The van der Waals surface area contributed by atoms with E-state index in [2.05, 4.69) is 5.10 Å². The number of hydrogen-bond donors (Lipinski definition) is 0. The average Bonchev–Trinajstić information content (AvgIpc) is 3.23. The van der Waals surface area contributed by atoms with Gasteiger partial charge in [0.1, 0.15) is 11.6 Å². The lowest BCUT2D eigenvalue weighted by Crippen LogP contribution is -2.40. The summed E-state index contributed by atoms with van der Waals surface area (Å²) >= 11 is 0. The van der Waals surface area contributed by atoms with E-state index in [1.54, 1.807) is 16.8 Å². The first-order chi connectivity index (χ1) is 14.1. The van der Waals surface area contributed by atoms with Crippen LogP contribution in [0.1, 0.15) is 29.9 Å². The van der Waals surface area contributed by atoms with Gasteiger partial charge < -0.3 is 9.64 Å². The van der Waals surface area contributed by atoms with Crippen molar-refractivity contribution in [3.63, 3.8) is 0 Å². The van der Waals surface area contributed by atoms with Crippen LogP contribution < -0.4 is 4.74 Å². The van der Waals surface area contributed by atoms with Crippen molar-refractivity contribution in [2.24, 2.45) is 0 Å². The zero-order valence-corrected chi connectivity index (χ0v) is 16.4. The number of aromatic nitrogens is 2. The molecule has 6 heteroatoms. The van der Waals surface area contributed by atoms with Crippen LogP contribution in [0.15, 0.2) is 60.9 Å². The average molecular weight is 393 g/mol. The zero-order valence-electron chi connectivity index (χ0n) is 16.4. The Kier molecular flexibility index (Phi) is 5.60. The smallest absolute Gasteiger partial charge is 0.260 e. The minimum Gasteiger partial charge on any atom is -0.484 e. The van der Waals surface area contributed by atoms with E-state index in [-0.39, 0.29) is 18.3 Å². The van der Waals surface area contributed by atoms with Gasteiger partial charge in [0.2, 0.25) is 0 Å². The third-order valence-electron chi connectivity index (χ3n) is 5.36. The number of amides is 1. The summed E-state index contributed by atoms with van der Waals surface area (Å²) in [5, 5.41) is 4.41. The molecule has 1 aromatic heterocycles. The molecule has 4 rings (SSSR count). The van der Waals surface area contributed by atoms with Gasteiger partial charge in [0.05, 0.1) is 11.9 Å². The second kappa shape index (κ2) is 8.47. The van der Waals surface area contributed by atoms with Crippen LogP contribution in [-0.2, 0) is 4.79 Å². The normalized spacial score (nSPS) is 14.8. The van der Waals surface area contributed by atoms with E-state index in [1.165, 1.54) is 12.1 Å². The Hall–Kier alpha value is -3.15. The molecule has 3 aromatic rings. The van der Waals surface area contributed by atoms with Crippen molar-refractivity contribution in [2.75, 3.05) is 19.7 Å². The van der Waals surface area contributed by atoms with Gasteiger partial charge in [-0.1, -0.05) is 12.1 Å². The highest BCUT2D eigenvalue weighted by molar-refractivity contribution is 5.77. The highest BCUT2D eigenvalue weighted by Crippen LogP contribution is 2.28. The van der Waals surface area contributed by atoms with E-state index in [0.717, 1.165) is 35.4 Å². The fourth-order valence-electron chi connectivity index (χ4n) is 3.69. The summed E-state index contributed by atoms with van der Waals surface area (Å²) in [4.78, 5) is 14.3. The lowest BCUT2D eigenvalue weighted by molar-refractivity contribution is -0.134. The Bertz CT molecular complexity index is 976. The van der Waals surface area contributed by atoms with Crippen LogP contribution in [-0.4, -0.2) is 40.3 Å². The van der Waals surface area contributed by atoms with Crippen molar-refractivity contribution in [1.29, 1.82) is 0 Å². The van der Waals surface area contributed by atoms with Gasteiger partial charge in [-0.2, -0.15) is 5.10 Å². The Balaban J connectivity index is 1.30. The number of aryl methyl sites for hydroxylation is 1. The highest BCUT2D eigenvalue weighted by atomic mass is 19.1. The van der Waals surface area contributed by atoms with E-state index in [9.17, 15) is 9.18 Å². The summed E-state index contributed by atoms with van der Waals surface area (Å²) in [6.45, 7) is 3.49. The van der Waals surface area contributed by atoms with Crippen molar-refractivity contribution in [2.45, 2.75) is 25.7 Å². The van der Waals surface area contributed by atoms with E-state index in [4.69, 9.17) is 4.74 Å². The van der Waals surface area contributed by atoms with Crippen molar-refractivity contribution in [3.05, 3.63) is 77.9 Å². The van der Waals surface area contributed by atoms with Gasteiger partial charge in [-0.3, -0.25) is 4.79 Å². The molecular weight excluding hydrogens is 369 g/mol. The van der Waals surface area contributed by atoms with Crippen molar-refractivity contribution in [1.82, 2.24) is 14.7 Å². The molecule has 150 valence electrons. The number of likely N-dealkylation sites (tertiary alicyclic amines) is 1. The zero-order chi connectivity index (χ0) is 20.2. The van der Waals surface area contributed by atoms with Crippen LogP contribution in [0.5, 0.6) is 5.75 Å². The van der Waals surface area contributed by atoms with E-state index < -0.39 is 0 Å². The Labute approximate surface area is 169 Å². The van der Waals surface area contributed by atoms with Gasteiger partial charge in [-0.25, -0.2) is 9.07 Å². The largest absolute Gasteiger partial charge is 0.484 e. The van der Waals surface area contributed by atoms with Gasteiger partial charge in [0.25, 0.3) is 5.91 Å². The van der Waals surface area contributed by atoms with Crippen molar-refractivity contribution < 1.29 is 13.9 Å². The van der Waals surface area contributed by atoms with Crippen LogP contribution in [0.4, 0.5) is 4.39 Å². The molecule has 0 bridgehead atoms. The van der Waals surface area contributed by atoms with Crippen LogP contribution in [0.25, 0.3) is 5.69 Å². The second-order valence-corrected chi connectivity index (χ2v) is 7.45. The molecule has 1 amide bonds. The standard InChI is InChI=1S/C23H24FN3O2/c1-17-3-2-4-22(13-17)29-16-23(28)26-11-9-18(10-12-26)19-14-25-27(15-19)21-7-5-20(24)6-8-21/h2-8,13-15,18H,9-12,16H2,1H3.